The third-order valence-electron chi connectivity index (χ3n) is 2.60. The zero-order valence-electron chi connectivity index (χ0n) is 10.8. The van der Waals surface area contributed by atoms with Gasteiger partial charge in [-0.3, -0.25) is 10.1 Å². The van der Waals surface area contributed by atoms with Crippen molar-refractivity contribution in [3.05, 3.63) is 39.4 Å². The lowest BCUT2D eigenvalue weighted by Gasteiger charge is -2.08. The fourth-order valence-corrected chi connectivity index (χ4v) is 2.08. The van der Waals surface area contributed by atoms with Gasteiger partial charge in [-0.05, 0) is 12.5 Å². The van der Waals surface area contributed by atoms with Crippen LogP contribution in [0.1, 0.15) is 11.1 Å². The van der Waals surface area contributed by atoms with Gasteiger partial charge in [-0.25, -0.2) is 13.1 Å². The number of nitro groups is 1. The van der Waals surface area contributed by atoms with E-state index >= 15 is 0 Å². The van der Waals surface area contributed by atoms with Gasteiger partial charge >= 0.3 is 0 Å². The molecule has 1 rings (SSSR count). The lowest BCUT2D eigenvalue weighted by atomic mass is 10.1. The Labute approximate surface area is 112 Å². The molecule has 0 radical (unpaired) electrons. The monoisotopic (exact) mass is 287 g/mol. The molecule has 0 amide bonds. The topological polar surface area (TPSA) is 101 Å². The fraction of sp³-hybridized carbons (Fsp3) is 0.455. The molecule has 0 aliphatic carbocycles. The first-order valence-electron chi connectivity index (χ1n) is 5.69. The highest BCUT2D eigenvalue weighted by molar-refractivity contribution is 7.88. The molecule has 0 aliphatic heterocycles. The zero-order chi connectivity index (χ0) is 14.5. The molecule has 0 unspecified atom stereocenters. The summed E-state index contributed by atoms with van der Waals surface area (Å²) in [4.78, 5) is 10.4. The zero-order valence-corrected chi connectivity index (χ0v) is 11.7. The van der Waals surface area contributed by atoms with Crippen molar-refractivity contribution in [1.29, 1.82) is 0 Å². The molecule has 0 spiro atoms. The van der Waals surface area contributed by atoms with Gasteiger partial charge in [0.05, 0.1) is 11.2 Å². The first kappa shape index (κ1) is 15.5. The maximum Gasteiger partial charge on any atom is 0.272 e. The number of nitrogens with one attached hydrogen (secondary N) is 2. The van der Waals surface area contributed by atoms with Crippen LogP contribution in [-0.2, 0) is 16.6 Å². The molecule has 2 N–H and O–H groups in total. The van der Waals surface area contributed by atoms with E-state index in [4.69, 9.17) is 0 Å². The van der Waals surface area contributed by atoms with Gasteiger partial charge in [-0.1, -0.05) is 12.1 Å². The van der Waals surface area contributed by atoms with Crippen LogP contribution in [0.15, 0.2) is 18.2 Å². The van der Waals surface area contributed by atoms with Crippen molar-refractivity contribution in [2.45, 2.75) is 13.5 Å². The lowest BCUT2D eigenvalue weighted by Crippen LogP contribution is -2.30. The summed E-state index contributed by atoms with van der Waals surface area (Å²) >= 11 is 0. The molecule has 0 aromatic heterocycles. The van der Waals surface area contributed by atoms with Crippen LogP contribution in [0.2, 0.25) is 0 Å². The summed E-state index contributed by atoms with van der Waals surface area (Å²) in [5.74, 6) is 0. The number of nitrogens with zero attached hydrogens (tertiary/aromatic N) is 1. The molecule has 0 fully saturated rings. The normalized spacial score (nSPS) is 11.5. The average Bonchev–Trinajstić information content (AvgIpc) is 2.28. The van der Waals surface area contributed by atoms with E-state index < -0.39 is 14.9 Å². The maximum absolute atomic E-state index is 10.8. The second-order valence-electron chi connectivity index (χ2n) is 4.16. The van der Waals surface area contributed by atoms with Crippen LogP contribution in [0.5, 0.6) is 0 Å². The van der Waals surface area contributed by atoms with Crippen molar-refractivity contribution in [3.63, 3.8) is 0 Å². The second kappa shape index (κ2) is 6.60. The Morgan fingerprint density at radius 2 is 2.00 bits per heavy atom. The Morgan fingerprint density at radius 1 is 1.32 bits per heavy atom. The molecule has 19 heavy (non-hydrogen) atoms. The van der Waals surface area contributed by atoms with E-state index in [2.05, 4.69) is 10.0 Å². The first-order valence-corrected chi connectivity index (χ1v) is 7.58. The van der Waals surface area contributed by atoms with Crippen molar-refractivity contribution < 1.29 is 13.3 Å². The number of sulfonamides is 1. The average molecular weight is 287 g/mol. The Balaban J connectivity index is 2.50. The molecule has 106 valence electrons. The molecule has 0 aliphatic rings. The second-order valence-corrected chi connectivity index (χ2v) is 5.99. The molecule has 0 bridgehead atoms. The minimum absolute atomic E-state index is 0.0913. The number of hydrogen-bond acceptors (Lipinski definition) is 5. The largest absolute Gasteiger partial charge is 0.311 e. The summed E-state index contributed by atoms with van der Waals surface area (Å²) < 4.78 is 24.0. The van der Waals surface area contributed by atoms with Crippen LogP contribution in [-0.4, -0.2) is 32.7 Å². The number of benzene rings is 1. The molecule has 1 aromatic rings. The predicted molar refractivity (Wildman–Crippen MR) is 72.4 cm³/mol. The molecule has 8 heteroatoms. The molecular weight excluding hydrogens is 270 g/mol. The van der Waals surface area contributed by atoms with Crippen molar-refractivity contribution in [2.24, 2.45) is 0 Å². The van der Waals surface area contributed by atoms with E-state index in [-0.39, 0.29) is 12.2 Å². The summed E-state index contributed by atoms with van der Waals surface area (Å²) in [6.07, 6.45) is 1.09. The van der Waals surface area contributed by atoms with E-state index in [0.29, 0.717) is 18.7 Å². The van der Waals surface area contributed by atoms with Crippen molar-refractivity contribution in [1.82, 2.24) is 10.0 Å². The molecule has 7 nitrogen and oxygen atoms in total. The summed E-state index contributed by atoms with van der Waals surface area (Å²) in [5.41, 5.74) is 1.54. The summed E-state index contributed by atoms with van der Waals surface area (Å²) in [5, 5.41) is 13.8. The highest BCUT2D eigenvalue weighted by atomic mass is 32.2. The minimum atomic E-state index is -3.17. The van der Waals surface area contributed by atoms with Gasteiger partial charge in [0.2, 0.25) is 10.0 Å². The van der Waals surface area contributed by atoms with Gasteiger partial charge in [0, 0.05) is 31.3 Å². The van der Waals surface area contributed by atoms with Crippen molar-refractivity contribution in [3.8, 4) is 0 Å². The summed E-state index contributed by atoms with van der Waals surface area (Å²) in [6.45, 7) is 2.89. The van der Waals surface area contributed by atoms with Crippen LogP contribution < -0.4 is 10.0 Å². The Bertz CT molecular complexity index is 557. The Kier molecular flexibility index (Phi) is 5.40. The molecule has 1 aromatic carbocycles. The van der Waals surface area contributed by atoms with E-state index in [1.165, 1.54) is 6.07 Å². The van der Waals surface area contributed by atoms with E-state index in [1.54, 1.807) is 19.1 Å². The summed E-state index contributed by atoms with van der Waals surface area (Å²) in [7, 11) is -3.17. The van der Waals surface area contributed by atoms with Gasteiger partial charge in [0.25, 0.3) is 5.69 Å². The van der Waals surface area contributed by atoms with Crippen LogP contribution in [0.3, 0.4) is 0 Å². The van der Waals surface area contributed by atoms with Crippen LogP contribution in [0, 0.1) is 17.0 Å². The number of rotatable bonds is 7. The molecular formula is C11H17N3O4S. The Morgan fingerprint density at radius 3 is 2.58 bits per heavy atom. The van der Waals surface area contributed by atoms with E-state index in [1.807, 2.05) is 0 Å². The quantitative estimate of drug-likeness (QED) is 0.433. The third-order valence-corrected chi connectivity index (χ3v) is 3.32. The molecule has 0 heterocycles. The van der Waals surface area contributed by atoms with E-state index in [9.17, 15) is 18.5 Å². The van der Waals surface area contributed by atoms with Gasteiger partial charge in [-0.15, -0.1) is 0 Å². The lowest BCUT2D eigenvalue weighted by molar-refractivity contribution is -0.385. The fourth-order valence-electron chi connectivity index (χ4n) is 1.61. The van der Waals surface area contributed by atoms with Gasteiger partial charge in [0.15, 0.2) is 0 Å². The van der Waals surface area contributed by atoms with E-state index in [0.717, 1.165) is 11.8 Å². The maximum atomic E-state index is 10.8. The molecule has 0 saturated carbocycles. The van der Waals surface area contributed by atoms with Crippen LogP contribution in [0.4, 0.5) is 5.69 Å². The molecule has 0 saturated heterocycles. The Hall–Kier alpha value is -1.51. The smallest absolute Gasteiger partial charge is 0.272 e. The van der Waals surface area contributed by atoms with Crippen molar-refractivity contribution >= 4 is 15.7 Å². The first-order chi connectivity index (χ1) is 8.81. The van der Waals surface area contributed by atoms with Crippen LogP contribution >= 0.6 is 0 Å². The number of nitro benzene ring substituents is 1. The standard InChI is InChI=1S/C11H17N3O4S/c1-9-10(4-3-5-11(9)14(15)16)8-12-6-7-13-19(2,17)18/h3-5,12-13H,6-8H2,1-2H3. The SMILES string of the molecule is Cc1c(CNCCNS(C)(=O)=O)cccc1[N+](=O)[O-]. The number of hydrogen-bond donors (Lipinski definition) is 2. The summed E-state index contributed by atoms with van der Waals surface area (Å²) in [6, 6.07) is 4.90. The van der Waals surface area contributed by atoms with Gasteiger partial charge in [-0.2, -0.15) is 0 Å². The van der Waals surface area contributed by atoms with Gasteiger partial charge in [0.1, 0.15) is 0 Å². The van der Waals surface area contributed by atoms with Crippen molar-refractivity contribution in [2.75, 3.05) is 19.3 Å². The van der Waals surface area contributed by atoms with Gasteiger partial charge < -0.3 is 5.32 Å². The minimum Gasteiger partial charge on any atom is -0.311 e. The molecule has 0 atom stereocenters. The third kappa shape index (κ3) is 5.33. The predicted octanol–water partition coefficient (Wildman–Crippen LogP) is 0.542. The highest BCUT2D eigenvalue weighted by Crippen LogP contribution is 2.20. The van der Waals surface area contributed by atoms with Crippen LogP contribution in [0.25, 0.3) is 0 Å². The highest BCUT2D eigenvalue weighted by Gasteiger charge is 2.12.